The van der Waals surface area contributed by atoms with Gasteiger partial charge < -0.3 is 19.7 Å². The maximum absolute atomic E-state index is 12.1. The van der Waals surface area contributed by atoms with Crippen LogP contribution in [0.15, 0.2) is 17.7 Å². The lowest BCUT2D eigenvalue weighted by Crippen LogP contribution is -2.33. The van der Waals surface area contributed by atoms with Crippen LogP contribution in [0.2, 0.25) is 0 Å². The van der Waals surface area contributed by atoms with Crippen LogP contribution in [-0.2, 0) is 14.3 Å². The van der Waals surface area contributed by atoms with E-state index in [-0.39, 0.29) is 12.2 Å². The molecule has 2 heterocycles. The number of hydrogen-bond acceptors (Lipinski definition) is 7. The van der Waals surface area contributed by atoms with Crippen LogP contribution < -0.4 is 10.2 Å². The van der Waals surface area contributed by atoms with E-state index in [9.17, 15) is 14.9 Å². The van der Waals surface area contributed by atoms with Crippen molar-refractivity contribution in [2.75, 3.05) is 31.1 Å². The highest BCUT2D eigenvalue weighted by Crippen LogP contribution is 2.29. The van der Waals surface area contributed by atoms with E-state index in [1.165, 1.54) is 19.3 Å². The average Bonchev–Trinajstić information content (AvgIpc) is 3.13. The summed E-state index contributed by atoms with van der Waals surface area (Å²) in [6.45, 7) is 7.88. The molecule has 0 aliphatic carbocycles. The number of anilines is 1. The van der Waals surface area contributed by atoms with Crippen LogP contribution in [0.1, 0.15) is 51.3 Å². The zero-order chi connectivity index (χ0) is 21.3. The first kappa shape index (κ1) is 22.8. The molecule has 0 spiro atoms. The van der Waals surface area contributed by atoms with Gasteiger partial charge >= 0.3 is 12.1 Å². The third-order valence-corrected chi connectivity index (χ3v) is 5.22. The summed E-state index contributed by atoms with van der Waals surface area (Å²) in [6, 6.07) is 5.87. The summed E-state index contributed by atoms with van der Waals surface area (Å²) in [4.78, 5) is 26.9. The minimum absolute atomic E-state index is 0.0304. The number of amides is 1. The van der Waals surface area contributed by atoms with E-state index in [4.69, 9.17) is 9.47 Å². The molecule has 1 aromatic heterocycles. The Labute approximate surface area is 176 Å². The zero-order valence-corrected chi connectivity index (χ0v) is 18.1. The second-order valence-electron chi connectivity index (χ2n) is 7.81. The van der Waals surface area contributed by atoms with Gasteiger partial charge in [0.2, 0.25) is 0 Å². The van der Waals surface area contributed by atoms with Crippen LogP contribution in [0, 0.1) is 11.3 Å². The molecule has 158 valence electrons. The second-order valence-corrected chi connectivity index (χ2v) is 8.91. The number of hydrogen-bond donors (Lipinski definition) is 1. The molecule has 2 rings (SSSR count). The van der Waals surface area contributed by atoms with Gasteiger partial charge in [-0.05, 0) is 64.7 Å². The molecular weight excluding hydrogens is 390 g/mol. The van der Waals surface area contributed by atoms with Crippen LogP contribution in [0.25, 0.3) is 6.08 Å². The first-order valence-corrected chi connectivity index (χ1v) is 10.7. The highest BCUT2D eigenvalue weighted by Gasteiger charge is 2.16. The summed E-state index contributed by atoms with van der Waals surface area (Å²) in [7, 11) is 0. The summed E-state index contributed by atoms with van der Waals surface area (Å²) >= 11 is 1.57. The quantitative estimate of drug-likeness (QED) is 0.310. The van der Waals surface area contributed by atoms with E-state index >= 15 is 0 Å². The lowest BCUT2D eigenvalue weighted by atomic mass is 10.1. The Bertz CT molecular complexity index is 768. The zero-order valence-electron chi connectivity index (χ0n) is 17.3. The maximum Gasteiger partial charge on any atom is 0.407 e. The van der Waals surface area contributed by atoms with E-state index in [0.29, 0.717) is 13.0 Å². The second kappa shape index (κ2) is 10.9. The number of nitrogens with one attached hydrogen (secondary N) is 1. The molecule has 0 bridgehead atoms. The maximum atomic E-state index is 12.1. The number of carbonyl (C=O) groups excluding carboxylic acids is 2. The first-order valence-electron chi connectivity index (χ1n) is 9.89. The number of nitrogens with zero attached hydrogens (tertiary/aromatic N) is 2. The number of carbonyl (C=O) groups is 2. The molecule has 1 fully saturated rings. The van der Waals surface area contributed by atoms with Crippen molar-refractivity contribution in [1.82, 2.24) is 5.32 Å². The fraction of sp³-hybridized carbons (Fsp3) is 0.571. The van der Waals surface area contributed by atoms with Gasteiger partial charge in [0.25, 0.3) is 0 Å². The van der Waals surface area contributed by atoms with Gasteiger partial charge in [0.15, 0.2) is 0 Å². The molecule has 8 heteroatoms. The van der Waals surface area contributed by atoms with Gasteiger partial charge in [-0.2, -0.15) is 5.26 Å². The number of esters is 1. The van der Waals surface area contributed by atoms with Crippen LogP contribution in [0.5, 0.6) is 0 Å². The predicted molar refractivity (Wildman–Crippen MR) is 114 cm³/mol. The molecule has 0 aromatic carbocycles. The van der Waals surface area contributed by atoms with E-state index in [2.05, 4.69) is 10.2 Å². The lowest BCUT2D eigenvalue weighted by molar-refractivity contribution is -0.138. The summed E-state index contributed by atoms with van der Waals surface area (Å²) < 4.78 is 10.3. The Hall–Kier alpha value is -2.53. The van der Waals surface area contributed by atoms with Crippen molar-refractivity contribution in [2.45, 2.75) is 52.1 Å². The van der Waals surface area contributed by atoms with Gasteiger partial charge in [-0.3, -0.25) is 0 Å². The van der Waals surface area contributed by atoms with Crippen molar-refractivity contribution in [3.05, 3.63) is 22.6 Å². The van der Waals surface area contributed by atoms with E-state index in [1.807, 2.05) is 18.2 Å². The van der Waals surface area contributed by atoms with E-state index in [1.54, 1.807) is 38.2 Å². The van der Waals surface area contributed by atoms with Gasteiger partial charge in [-0.1, -0.05) is 0 Å². The number of rotatable bonds is 7. The highest BCUT2D eigenvalue weighted by molar-refractivity contribution is 7.16. The molecule has 1 aromatic rings. The Balaban J connectivity index is 1.78. The summed E-state index contributed by atoms with van der Waals surface area (Å²) in [5.41, 5.74) is -0.587. The Morgan fingerprint density at radius 3 is 2.66 bits per heavy atom. The number of nitriles is 1. The first-order chi connectivity index (χ1) is 13.8. The third kappa shape index (κ3) is 8.16. The van der Waals surface area contributed by atoms with Gasteiger partial charge in [-0.25, -0.2) is 9.59 Å². The molecule has 29 heavy (non-hydrogen) atoms. The fourth-order valence-corrected chi connectivity index (χ4v) is 3.80. The molecule has 7 nitrogen and oxygen atoms in total. The minimum Gasteiger partial charge on any atom is -0.462 e. The number of alkyl carbamates (subject to hydrolysis) is 1. The van der Waals surface area contributed by atoms with E-state index in [0.717, 1.165) is 23.0 Å². The minimum atomic E-state index is -0.655. The molecule has 1 aliphatic rings. The van der Waals surface area contributed by atoms with Crippen molar-refractivity contribution in [1.29, 1.82) is 5.26 Å². The third-order valence-electron chi connectivity index (χ3n) is 4.13. The Morgan fingerprint density at radius 2 is 2.00 bits per heavy atom. The number of thiophene rings is 1. The summed E-state index contributed by atoms with van der Waals surface area (Å²) in [6.07, 6.45) is 5.15. The van der Waals surface area contributed by atoms with Gasteiger partial charge in [0, 0.05) is 24.5 Å². The number of ether oxygens (including phenoxy) is 2. The van der Waals surface area contributed by atoms with Gasteiger partial charge in [0.1, 0.15) is 17.2 Å². The molecule has 0 atom stereocenters. The van der Waals surface area contributed by atoms with Crippen molar-refractivity contribution in [3.63, 3.8) is 0 Å². The van der Waals surface area contributed by atoms with E-state index < -0.39 is 17.7 Å². The van der Waals surface area contributed by atoms with Crippen molar-refractivity contribution >= 4 is 34.5 Å². The van der Waals surface area contributed by atoms with Gasteiger partial charge in [-0.15, -0.1) is 11.3 Å². The van der Waals surface area contributed by atoms with Crippen molar-refractivity contribution < 1.29 is 19.1 Å². The molecule has 1 amide bonds. The predicted octanol–water partition coefficient (Wildman–Crippen LogP) is 4.10. The monoisotopic (exact) mass is 419 g/mol. The summed E-state index contributed by atoms with van der Waals surface area (Å²) in [5.74, 6) is -0.655. The van der Waals surface area contributed by atoms with Crippen LogP contribution >= 0.6 is 11.3 Å². The molecule has 0 saturated carbocycles. The fourth-order valence-electron chi connectivity index (χ4n) is 2.80. The van der Waals surface area contributed by atoms with Crippen LogP contribution in [0.3, 0.4) is 0 Å². The van der Waals surface area contributed by atoms with Crippen LogP contribution in [-0.4, -0.2) is 43.9 Å². The lowest BCUT2D eigenvalue weighted by Gasteiger charge is -2.27. The average molecular weight is 420 g/mol. The topological polar surface area (TPSA) is 91.7 Å². The normalized spacial score (nSPS) is 14.8. The molecule has 0 unspecified atom stereocenters. The SMILES string of the molecule is CC(C)(C)OC(=O)NCCCOC(=O)/C(C#N)=C/c1ccc(N2CCCCC2)s1. The van der Waals surface area contributed by atoms with Crippen molar-refractivity contribution in [2.24, 2.45) is 0 Å². The van der Waals surface area contributed by atoms with Crippen LogP contribution in [0.4, 0.5) is 9.80 Å². The molecule has 0 radical (unpaired) electrons. The molecular formula is C21H29N3O4S. The standard InChI is InChI=1S/C21H29N3O4S/c1-21(2,3)28-20(26)23-10-7-13-27-19(25)16(15-22)14-17-8-9-18(29-17)24-11-5-4-6-12-24/h8-9,14H,4-7,10-13H2,1-3H3,(H,23,26)/b16-14+. The van der Waals surface area contributed by atoms with Crippen molar-refractivity contribution in [3.8, 4) is 6.07 Å². The molecule has 1 N–H and O–H groups in total. The van der Waals surface area contributed by atoms with Gasteiger partial charge in [0.05, 0.1) is 11.6 Å². The highest BCUT2D eigenvalue weighted by atomic mass is 32.1. The number of piperidine rings is 1. The molecule has 1 saturated heterocycles. The molecule has 1 aliphatic heterocycles. The Morgan fingerprint density at radius 1 is 1.28 bits per heavy atom. The largest absolute Gasteiger partial charge is 0.462 e. The summed E-state index contributed by atoms with van der Waals surface area (Å²) in [5, 5.41) is 13.1. The Kier molecular flexibility index (Phi) is 8.52. The smallest absolute Gasteiger partial charge is 0.407 e.